The van der Waals surface area contributed by atoms with Crippen LogP contribution < -0.4 is 5.32 Å². The molecule has 0 amide bonds. The Balaban J connectivity index is 1.62. The standard InChI is InChI=1S/C15H23BrN2/c1-12-3-2-4-13(9-12)7-8-17-11-15-6-5-14(16)10-18-15/h5-6,10,12-13,17H,2-4,7-9,11H2,1H3. The lowest BCUT2D eigenvalue weighted by molar-refractivity contribution is 0.267. The second-order valence-electron chi connectivity index (χ2n) is 5.57. The topological polar surface area (TPSA) is 24.9 Å². The minimum absolute atomic E-state index is 0.884. The summed E-state index contributed by atoms with van der Waals surface area (Å²) in [5.74, 6) is 1.89. The van der Waals surface area contributed by atoms with Crippen LogP contribution in [-0.4, -0.2) is 11.5 Å². The maximum absolute atomic E-state index is 4.37. The zero-order valence-electron chi connectivity index (χ0n) is 11.2. The molecule has 0 spiro atoms. The van der Waals surface area contributed by atoms with E-state index in [1.807, 2.05) is 12.3 Å². The van der Waals surface area contributed by atoms with Gasteiger partial charge in [-0.2, -0.15) is 0 Å². The van der Waals surface area contributed by atoms with Crippen LogP contribution in [0.3, 0.4) is 0 Å². The molecule has 2 unspecified atom stereocenters. The Kier molecular flexibility index (Phi) is 5.64. The first-order valence-electron chi connectivity index (χ1n) is 7.05. The molecule has 1 aliphatic carbocycles. The molecule has 100 valence electrons. The number of halogens is 1. The van der Waals surface area contributed by atoms with Crippen LogP contribution in [0.4, 0.5) is 0 Å². The quantitative estimate of drug-likeness (QED) is 0.826. The Morgan fingerprint density at radius 3 is 3.00 bits per heavy atom. The molecule has 2 atom stereocenters. The molecule has 1 aromatic heterocycles. The lowest BCUT2D eigenvalue weighted by Gasteiger charge is -2.26. The zero-order chi connectivity index (χ0) is 12.8. The van der Waals surface area contributed by atoms with Crippen LogP contribution in [0.5, 0.6) is 0 Å². The number of aromatic nitrogens is 1. The molecule has 0 bridgehead atoms. The highest BCUT2D eigenvalue weighted by atomic mass is 79.9. The Hall–Kier alpha value is -0.410. The van der Waals surface area contributed by atoms with E-state index < -0.39 is 0 Å². The van der Waals surface area contributed by atoms with Crippen molar-refractivity contribution in [3.8, 4) is 0 Å². The van der Waals surface area contributed by atoms with Crippen LogP contribution in [0.25, 0.3) is 0 Å². The van der Waals surface area contributed by atoms with Crippen molar-refractivity contribution >= 4 is 15.9 Å². The minimum atomic E-state index is 0.884. The van der Waals surface area contributed by atoms with E-state index in [0.717, 1.165) is 35.1 Å². The van der Waals surface area contributed by atoms with Gasteiger partial charge in [-0.25, -0.2) is 0 Å². The molecule has 18 heavy (non-hydrogen) atoms. The van der Waals surface area contributed by atoms with E-state index in [9.17, 15) is 0 Å². The van der Waals surface area contributed by atoms with E-state index >= 15 is 0 Å². The van der Waals surface area contributed by atoms with Crippen molar-refractivity contribution in [3.63, 3.8) is 0 Å². The van der Waals surface area contributed by atoms with Gasteiger partial charge >= 0.3 is 0 Å². The fraction of sp³-hybridized carbons (Fsp3) is 0.667. The zero-order valence-corrected chi connectivity index (χ0v) is 12.7. The normalized spacial score (nSPS) is 24.1. The summed E-state index contributed by atoms with van der Waals surface area (Å²) in [5, 5.41) is 3.51. The third-order valence-corrected chi connectivity index (χ3v) is 4.34. The van der Waals surface area contributed by atoms with Crippen LogP contribution >= 0.6 is 15.9 Å². The van der Waals surface area contributed by atoms with E-state index in [2.05, 4.69) is 39.2 Å². The van der Waals surface area contributed by atoms with E-state index in [1.54, 1.807) is 0 Å². The van der Waals surface area contributed by atoms with Crippen molar-refractivity contribution in [3.05, 3.63) is 28.5 Å². The summed E-state index contributed by atoms with van der Waals surface area (Å²) in [5.41, 5.74) is 1.12. The molecular formula is C15H23BrN2. The highest BCUT2D eigenvalue weighted by molar-refractivity contribution is 9.10. The monoisotopic (exact) mass is 310 g/mol. The van der Waals surface area contributed by atoms with Crippen molar-refractivity contribution in [1.82, 2.24) is 10.3 Å². The lowest BCUT2D eigenvalue weighted by atomic mass is 9.81. The molecule has 1 heterocycles. The van der Waals surface area contributed by atoms with Crippen molar-refractivity contribution in [2.45, 2.75) is 45.6 Å². The number of rotatable bonds is 5. The smallest absolute Gasteiger partial charge is 0.0542 e. The molecular weight excluding hydrogens is 288 g/mol. The summed E-state index contributed by atoms with van der Waals surface area (Å²) in [7, 11) is 0. The highest BCUT2D eigenvalue weighted by Crippen LogP contribution is 2.30. The minimum Gasteiger partial charge on any atom is -0.311 e. The van der Waals surface area contributed by atoms with E-state index in [0.29, 0.717) is 0 Å². The molecule has 1 aromatic rings. The van der Waals surface area contributed by atoms with Crippen molar-refractivity contribution in [2.75, 3.05) is 6.54 Å². The van der Waals surface area contributed by atoms with Crippen LogP contribution in [0.1, 0.15) is 44.7 Å². The highest BCUT2D eigenvalue weighted by Gasteiger charge is 2.17. The summed E-state index contributed by atoms with van der Waals surface area (Å²) >= 11 is 3.40. The molecule has 2 rings (SSSR count). The maximum Gasteiger partial charge on any atom is 0.0542 e. The molecule has 0 saturated heterocycles. The van der Waals surface area contributed by atoms with Gasteiger partial charge in [-0.05, 0) is 59.3 Å². The number of hydrogen-bond donors (Lipinski definition) is 1. The van der Waals surface area contributed by atoms with Crippen LogP contribution in [0.15, 0.2) is 22.8 Å². The van der Waals surface area contributed by atoms with Crippen LogP contribution in [-0.2, 0) is 6.54 Å². The van der Waals surface area contributed by atoms with Crippen LogP contribution in [0, 0.1) is 11.8 Å². The van der Waals surface area contributed by atoms with Gasteiger partial charge in [0.15, 0.2) is 0 Å². The third kappa shape index (κ3) is 4.69. The van der Waals surface area contributed by atoms with Crippen molar-refractivity contribution in [2.24, 2.45) is 11.8 Å². The molecule has 1 aliphatic rings. The molecule has 1 saturated carbocycles. The van der Waals surface area contributed by atoms with E-state index in [4.69, 9.17) is 0 Å². The van der Waals surface area contributed by atoms with Gasteiger partial charge in [-0.15, -0.1) is 0 Å². The molecule has 0 aliphatic heterocycles. The average Bonchev–Trinajstić information content (AvgIpc) is 2.37. The third-order valence-electron chi connectivity index (χ3n) is 3.87. The number of nitrogens with zero attached hydrogens (tertiary/aromatic N) is 1. The van der Waals surface area contributed by atoms with Gasteiger partial charge in [0, 0.05) is 17.2 Å². The van der Waals surface area contributed by atoms with Gasteiger partial charge in [0.2, 0.25) is 0 Å². The molecule has 0 radical (unpaired) electrons. The largest absolute Gasteiger partial charge is 0.311 e. The Morgan fingerprint density at radius 1 is 1.39 bits per heavy atom. The van der Waals surface area contributed by atoms with Crippen molar-refractivity contribution < 1.29 is 0 Å². The van der Waals surface area contributed by atoms with E-state index in [-0.39, 0.29) is 0 Å². The summed E-state index contributed by atoms with van der Waals surface area (Å²) in [6, 6.07) is 4.12. The average molecular weight is 311 g/mol. The van der Waals surface area contributed by atoms with Gasteiger partial charge in [-0.1, -0.05) is 26.2 Å². The molecule has 1 fully saturated rings. The predicted molar refractivity (Wildman–Crippen MR) is 79.4 cm³/mol. The van der Waals surface area contributed by atoms with Gasteiger partial charge in [0.25, 0.3) is 0 Å². The second kappa shape index (κ2) is 7.25. The SMILES string of the molecule is CC1CCCC(CCNCc2ccc(Br)cn2)C1. The van der Waals surface area contributed by atoms with Gasteiger partial charge in [0.1, 0.15) is 0 Å². The number of hydrogen-bond acceptors (Lipinski definition) is 2. The summed E-state index contributed by atoms with van der Waals surface area (Å²) in [6.45, 7) is 4.40. The van der Waals surface area contributed by atoms with Crippen LogP contribution in [0.2, 0.25) is 0 Å². The van der Waals surface area contributed by atoms with Gasteiger partial charge in [-0.3, -0.25) is 4.98 Å². The Bertz CT molecular complexity index is 350. The summed E-state index contributed by atoms with van der Waals surface area (Å²) < 4.78 is 1.04. The first-order chi connectivity index (χ1) is 8.74. The fourth-order valence-electron chi connectivity index (χ4n) is 2.86. The predicted octanol–water partition coefficient (Wildman–Crippen LogP) is 4.15. The maximum atomic E-state index is 4.37. The number of pyridine rings is 1. The molecule has 0 aromatic carbocycles. The summed E-state index contributed by atoms with van der Waals surface area (Å²) in [6.07, 6.45) is 8.91. The molecule has 1 N–H and O–H groups in total. The van der Waals surface area contributed by atoms with Gasteiger partial charge < -0.3 is 5.32 Å². The van der Waals surface area contributed by atoms with E-state index in [1.165, 1.54) is 32.1 Å². The van der Waals surface area contributed by atoms with Crippen molar-refractivity contribution in [1.29, 1.82) is 0 Å². The molecule has 3 heteroatoms. The lowest BCUT2D eigenvalue weighted by Crippen LogP contribution is -2.21. The Labute approximate surface area is 119 Å². The first-order valence-corrected chi connectivity index (χ1v) is 7.84. The molecule has 2 nitrogen and oxygen atoms in total. The number of nitrogens with one attached hydrogen (secondary N) is 1. The first kappa shape index (κ1) is 14.0. The Morgan fingerprint density at radius 2 is 2.28 bits per heavy atom. The second-order valence-corrected chi connectivity index (χ2v) is 6.49. The summed E-state index contributed by atoms with van der Waals surface area (Å²) in [4.78, 5) is 4.37. The fourth-order valence-corrected chi connectivity index (χ4v) is 3.09. The van der Waals surface area contributed by atoms with Gasteiger partial charge in [0.05, 0.1) is 5.69 Å².